The number of nitrogens with two attached hydrogens (primary N) is 1. The predicted octanol–water partition coefficient (Wildman–Crippen LogP) is 2.69. The lowest BCUT2D eigenvalue weighted by atomic mass is 10.0. The molecule has 2 aromatic rings. The first-order chi connectivity index (χ1) is 11.5. The Labute approximate surface area is 143 Å². The van der Waals surface area contributed by atoms with Crippen LogP contribution in [-0.4, -0.2) is 48.1 Å². The number of nitrogen functional groups attached to an aromatic ring is 1. The number of hydrogen-bond acceptors (Lipinski definition) is 6. The van der Waals surface area contributed by atoms with Crippen LogP contribution in [0.15, 0.2) is 30.6 Å². The fourth-order valence-electron chi connectivity index (χ4n) is 3.01. The van der Waals surface area contributed by atoms with Crippen LogP contribution >= 0.6 is 0 Å². The predicted molar refractivity (Wildman–Crippen MR) is 96.6 cm³/mol. The van der Waals surface area contributed by atoms with Crippen molar-refractivity contribution in [3.63, 3.8) is 0 Å². The minimum Gasteiger partial charge on any atom is -0.437 e. The van der Waals surface area contributed by atoms with Crippen molar-refractivity contribution in [2.45, 2.75) is 25.8 Å². The fraction of sp³-hybridized carbons (Fsp3) is 0.444. The van der Waals surface area contributed by atoms with Gasteiger partial charge in [-0.05, 0) is 52.0 Å². The molecule has 0 atom stereocenters. The van der Waals surface area contributed by atoms with Gasteiger partial charge in [0.25, 0.3) is 0 Å². The number of aryl methyl sites for hydroxylation is 1. The van der Waals surface area contributed by atoms with Crippen molar-refractivity contribution < 1.29 is 4.74 Å². The third-order valence-corrected chi connectivity index (χ3v) is 4.63. The van der Waals surface area contributed by atoms with E-state index in [0.29, 0.717) is 17.6 Å². The number of rotatable bonds is 4. The van der Waals surface area contributed by atoms with E-state index in [4.69, 9.17) is 10.5 Å². The molecule has 2 N–H and O–H groups in total. The van der Waals surface area contributed by atoms with Crippen LogP contribution in [0.1, 0.15) is 18.4 Å². The molecule has 0 bridgehead atoms. The third kappa shape index (κ3) is 3.59. The first-order valence-electron chi connectivity index (χ1n) is 8.31. The molecule has 1 aliphatic rings. The zero-order valence-electron chi connectivity index (χ0n) is 14.6. The van der Waals surface area contributed by atoms with Gasteiger partial charge in [-0.15, -0.1) is 0 Å². The maximum absolute atomic E-state index is 6.29. The third-order valence-electron chi connectivity index (χ3n) is 4.63. The molecule has 128 valence electrons. The van der Waals surface area contributed by atoms with Gasteiger partial charge >= 0.3 is 0 Å². The molecule has 3 rings (SSSR count). The smallest absolute Gasteiger partial charge is 0.248 e. The van der Waals surface area contributed by atoms with Crippen LogP contribution in [0.3, 0.4) is 0 Å². The summed E-state index contributed by atoms with van der Waals surface area (Å²) in [6.07, 6.45) is 3.72. The van der Waals surface area contributed by atoms with Crippen LogP contribution in [0.25, 0.3) is 0 Å². The largest absolute Gasteiger partial charge is 0.437 e. The minimum absolute atomic E-state index is 0.406. The molecule has 1 aromatic carbocycles. The maximum atomic E-state index is 6.29. The molecular weight excluding hydrogens is 302 g/mol. The van der Waals surface area contributed by atoms with Gasteiger partial charge in [0.05, 0.1) is 0 Å². The maximum Gasteiger partial charge on any atom is 0.248 e. The summed E-state index contributed by atoms with van der Waals surface area (Å²) in [5.74, 6) is 1.86. The molecule has 0 spiro atoms. The van der Waals surface area contributed by atoms with E-state index in [9.17, 15) is 0 Å². The summed E-state index contributed by atoms with van der Waals surface area (Å²) < 4.78 is 5.85. The highest BCUT2D eigenvalue weighted by molar-refractivity contribution is 5.68. The number of ether oxygens (including phenoxy) is 1. The van der Waals surface area contributed by atoms with E-state index in [1.807, 2.05) is 38.2 Å². The van der Waals surface area contributed by atoms with Gasteiger partial charge in [-0.2, -0.15) is 4.98 Å². The Morgan fingerprint density at radius 2 is 1.83 bits per heavy atom. The van der Waals surface area contributed by atoms with Crippen molar-refractivity contribution in [1.82, 2.24) is 14.9 Å². The van der Waals surface area contributed by atoms with E-state index in [1.165, 1.54) is 11.9 Å². The summed E-state index contributed by atoms with van der Waals surface area (Å²) in [6, 6.07) is 8.26. The monoisotopic (exact) mass is 327 g/mol. The molecular formula is C18H25N5O. The topological polar surface area (TPSA) is 67.5 Å². The van der Waals surface area contributed by atoms with Gasteiger partial charge in [0.2, 0.25) is 5.88 Å². The van der Waals surface area contributed by atoms with Gasteiger partial charge in [0, 0.05) is 13.1 Å². The van der Waals surface area contributed by atoms with Gasteiger partial charge in [-0.25, -0.2) is 4.98 Å². The van der Waals surface area contributed by atoms with Crippen molar-refractivity contribution in [3.05, 3.63) is 36.2 Å². The average molecular weight is 327 g/mol. The average Bonchev–Trinajstić information content (AvgIpc) is 2.59. The van der Waals surface area contributed by atoms with E-state index in [-0.39, 0.29) is 0 Å². The zero-order chi connectivity index (χ0) is 17.1. The minimum atomic E-state index is 0.406. The highest BCUT2D eigenvalue weighted by atomic mass is 16.5. The van der Waals surface area contributed by atoms with Gasteiger partial charge < -0.3 is 20.3 Å². The Bertz CT molecular complexity index is 680. The molecule has 0 radical (unpaired) electrons. The number of piperidine rings is 1. The molecule has 6 nitrogen and oxygen atoms in total. The molecule has 1 aliphatic heterocycles. The molecule has 1 saturated heterocycles. The number of anilines is 2. The molecule has 24 heavy (non-hydrogen) atoms. The Morgan fingerprint density at radius 1 is 1.17 bits per heavy atom. The van der Waals surface area contributed by atoms with E-state index >= 15 is 0 Å². The van der Waals surface area contributed by atoms with Crippen molar-refractivity contribution in [2.24, 2.45) is 0 Å². The lowest BCUT2D eigenvalue weighted by Crippen LogP contribution is -2.42. The number of aromatic nitrogens is 2. The first-order valence-corrected chi connectivity index (χ1v) is 8.31. The Balaban J connectivity index is 1.78. The molecule has 6 heteroatoms. The molecule has 0 amide bonds. The van der Waals surface area contributed by atoms with Gasteiger partial charge in [0.1, 0.15) is 17.8 Å². The summed E-state index contributed by atoms with van der Waals surface area (Å²) in [6.45, 7) is 4.22. The van der Waals surface area contributed by atoms with Crippen LogP contribution in [0.2, 0.25) is 0 Å². The standard InChI is InChI=1S/C18H25N5O/c1-13-4-6-15(7-5-13)24-18-16(19)17(20-12-21-18)23(3)14-8-10-22(2)11-9-14/h4-7,12,14H,8-11,19H2,1-3H3. The normalized spacial score (nSPS) is 16.1. The molecule has 0 unspecified atom stereocenters. The van der Waals surface area contributed by atoms with Crippen LogP contribution in [-0.2, 0) is 0 Å². The molecule has 0 aliphatic carbocycles. The lowest BCUT2D eigenvalue weighted by molar-refractivity contribution is 0.252. The van der Waals surface area contributed by atoms with E-state index in [0.717, 1.165) is 37.5 Å². The van der Waals surface area contributed by atoms with E-state index in [1.54, 1.807) is 0 Å². The molecule has 1 aromatic heterocycles. The van der Waals surface area contributed by atoms with Gasteiger partial charge in [-0.1, -0.05) is 17.7 Å². The molecule has 2 heterocycles. The SMILES string of the molecule is Cc1ccc(Oc2ncnc(N(C)C3CCN(C)CC3)c2N)cc1. The molecule has 1 fully saturated rings. The summed E-state index contributed by atoms with van der Waals surface area (Å²) in [5, 5.41) is 0. The van der Waals surface area contributed by atoms with Crippen molar-refractivity contribution in [2.75, 3.05) is 37.8 Å². The van der Waals surface area contributed by atoms with E-state index in [2.05, 4.69) is 26.8 Å². The highest BCUT2D eigenvalue weighted by Gasteiger charge is 2.24. The summed E-state index contributed by atoms with van der Waals surface area (Å²) in [5.41, 5.74) is 7.96. The lowest BCUT2D eigenvalue weighted by Gasteiger charge is -2.36. The summed E-state index contributed by atoms with van der Waals surface area (Å²) in [7, 11) is 4.20. The van der Waals surface area contributed by atoms with Crippen molar-refractivity contribution in [3.8, 4) is 11.6 Å². The second-order valence-corrected chi connectivity index (χ2v) is 6.48. The van der Waals surface area contributed by atoms with Crippen LogP contribution in [0.4, 0.5) is 11.5 Å². The zero-order valence-corrected chi connectivity index (χ0v) is 14.6. The number of benzene rings is 1. The highest BCUT2D eigenvalue weighted by Crippen LogP contribution is 2.32. The van der Waals surface area contributed by atoms with Crippen LogP contribution < -0.4 is 15.4 Å². The summed E-state index contributed by atoms with van der Waals surface area (Å²) in [4.78, 5) is 13.1. The fourth-order valence-corrected chi connectivity index (χ4v) is 3.01. The van der Waals surface area contributed by atoms with E-state index < -0.39 is 0 Å². The number of likely N-dealkylation sites (tertiary alicyclic amines) is 1. The molecule has 0 saturated carbocycles. The van der Waals surface area contributed by atoms with Crippen molar-refractivity contribution in [1.29, 1.82) is 0 Å². The number of nitrogens with zero attached hydrogens (tertiary/aromatic N) is 4. The van der Waals surface area contributed by atoms with Crippen LogP contribution in [0, 0.1) is 6.92 Å². The first kappa shape index (κ1) is 16.5. The quantitative estimate of drug-likeness (QED) is 0.931. The Hall–Kier alpha value is -2.34. The second-order valence-electron chi connectivity index (χ2n) is 6.48. The van der Waals surface area contributed by atoms with Gasteiger partial charge in [0.15, 0.2) is 5.82 Å². The Morgan fingerprint density at radius 3 is 2.50 bits per heavy atom. The van der Waals surface area contributed by atoms with Crippen LogP contribution in [0.5, 0.6) is 11.6 Å². The second kappa shape index (κ2) is 7.05. The Kier molecular flexibility index (Phi) is 4.85. The summed E-state index contributed by atoms with van der Waals surface area (Å²) >= 11 is 0. The number of hydrogen-bond donors (Lipinski definition) is 1. The van der Waals surface area contributed by atoms with Gasteiger partial charge in [-0.3, -0.25) is 0 Å². The van der Waals surface area contributed by atoms with Crippen molar-refractivity contribution >= 4 is 11.5 Å².